The second-order valence-corrected chi connectivity index (χ2v) is 0.289. The third-order valence-electron chi connectivity index (χ3n) is 0. The first kappa shape index (κ1) is 34.2. The number of hydrogen-bond acceptors (Lipinski definition) is 3. The molecule has 0 aromatic rings. The first-order chi connectivity index (χ1) is 4.41. The molecule has 1 N–H and O–H groups in total. The summed E-state index contributed by atoms with van der Waals surface area (Å²) >= 11 is 0. The van der Waals surface area contributed by atoms with E-state index >= 15 is 0 Å². The van der Waals surface area contributed by atoms with Gasteiger partial charge in [0.15, 0.2) is 0 Å². The van der Waals surface area contributed by atoms with E-state index in [0.717, 1.165) is 7.11 Å². The number of rotatable bonds is 0. The van der Waals surface area contributed by atoms with Gasteiger partial charge in [0, 0.05) is 7.11 Å². The van der Waals surface area contributed by atoms with Crippen molar-refractivity contribution in [2.24, 2.45) is 0 Å². The van der Waals surface area contributed by atoms with Crippen molar-refractivity contribution in [2.45, 2.75) is 0 Å². The fraction of sp³-hybridized carbons (Fsp3) is 0.167. The first-order valence-electron chi connectivity index (χ1n) is 1.74. The Morgan fingerprint density at radius 1 is 1.30 bits per heavy atom. The van der Waals surface area contributed by atoms with Crippen molar-refractivity contribution in [3.8, 4) is 0 Å². The van der Waals surface area contributed by atoms with Crippen LogP contribution in [0.3, 0.4) is 0 Å². The molecule has 0 bridgehead atoms. The Morgan fingerprint density at radius 3 is 1.30 bits per heavy atom. The van der Waals surface area contributed by atoms with Gasteiger partial charge in [-0.2, -0.15) is 0 Å². The molecule has 0 unspecified atom stereocenters. The van der Waals surface area contributed by atoms with E-state index in [1.807, 2.05) is 0 Å². The quantitative estimate of drug-likeness (QED) is 0.434. The largest absolute Gasteiger partial charge is 3.00 e. The molecule has 0 heterocycles. The van der Waals surface area contributed by atoms with E-state index in [0.29, 0.717) is 0 Å². The van der Waals surface area contributed by atoms with Crippen LogP contribution in [0.1, 0.15) is 0 Å². The summed E-state index contributed by atoms with van der Waals surface area (Å²) in [5, 5.41) is 7.00. The summed E-state index contributed by atoms with van der Waals surface area (Å²) in [5.41, 5.74) is 0. The summed E-state index contributed by atoms with van der Waals surface area (Å²) in [5.74, 6) is 0. The van der Waals surface area contributed by atoms with E-state index in [-0.39, 0.29) is 16.8 Å². The molecule has 62 valence electrons. The van der Waals surface area contributed by atoms with Crippen molar-refractivity contribution in [1.29, 1.82) is 0 Å². The molecule has 0 fully saturated rings. The van der Waals surface area contributed by atoms with Crippen molar-refractivity contribution in [3.05, 3.63) is 19.6 Å². The van der Waals surface area contributed by atoms with Crippen molar-refractivity contribution in [2.75, 3.05) is 7.11 Å². The zero-order chi connectivity index (χ0) is 8.71. The standard InChI is InChI=1S/C3H5.CH4O.2CHO.Co/c1-3-2;3*1-2;/h3H,1-2H2;2H,1H3;2*1H;/q-1;;2*-1;+3. The van der Waals surface area contributed by atoms with Crippen LogP contribution in [0.2, 0.25) is 0 Å². The minimum absolute atomic E-state index is 0. The van der Waals surface area contributed by atoms with Crippen LogP contribution in [0.4, 0.5) is 0 Å². The molecule has 0 saturated heterocycles. The summed E-state index contributed by atoms with van der Waals surface area (Å²) < 4.78 is 0. The van der Waals surface area contributed by atoms with Crippen LogP contribution in [-0.4, -0.2) is 25.8 Å². The molecule has 0 atom stereocenters. The fourth-order valence-electron chi connectivity index (χ4n) is 0. The van der Waals surface area contributed by atoms with Gasteiger partial charge in [-0.1, -0.05) is 0 Å². The third-order valence-corrected chi connectivity index (χ3v) is 0. The molecule has 0 saturated carbocycles. The second-order valence-electron chi connectivity index (χ2n) is 0.289. The molecule has 0 aliphatic carbocycles. The van der Waals surface area contributed by atoms with Crippen LogP contribution in [0.25, 0.3) is 0 Å². The molecule has 0 aromatic heterocycles. The summed E-state index contributed by atoms with van der Waals surface area (Å²) in [6.07, 6.45) is 1.50. The Bertz CT molecular complexity index is 32.2. The topological polar surface area (TPSA) is 54.4 Å². The minimum Gasteiger partial charge on any atom is -0.545 e. The Morgan fingerprint density at radius 2 is 1.30 bits per heavy atom. The zero-order valence-electron chi connectivity index (χ0n) is 5.74. The minimum atomic E-state index is 0. The molecule has 0 aliphatic heterocycles. The number of carbonyl (C=O) groups excluding carboxylic acids is 2. The van der Waals surface area contributed by atoms with Crippen LogP contribution in [-0.2, 0) is 26.4 Å². The van der Waals surface area contributed by atoms with Gasteiger partial charge in [-0.3, -0.25) is 13.6 Å². The maximum absolute atomic E-state index is 7.75. The number of aliphatic hydroxyl groups excluding tert-OH is 1. The third kappa shape index (κ3) is 897. The second kappa shape index (κ2) is 2670. The Balaban J connectivity index is -0.0000000110. The van der Waals surface area contributed by atoms with Gasteiger partial charge in [0.1, 0.15) is 0 Å². The Hall–Kier alpha value is -0.584. The Labute approximate surface area is 72.3 Å². The monoisotopic (exact) mass is 190 g/mol. The van der Waals surface area contributed by atoms with E-state index in [9.17, 15) is 0 Å². The van der Waals surface area contributed by atoms with Crippen LogP contribution in [0.15, 0.2) is 12.7 Å². The summed E-state index contributed by atoms with van der Waals surface area (Å²) in [6.45, 7) is 13.0. The molecule has 0 radical (unpaired) electrons. The van der Waals surface area contributed by atoms with Crippen molar-refractivity contribution >= 4 is 13.6 Å². The molecule has 0 aromatic carbocycles. The van der Waals surface area contributed by atoms with Gasteiger partial charge in [0.2, 0.25) is 0 Å². The predicted molar refractivity (Wildman–Crippen MR) is 37.2 cm³/mol. The molecule has 3 nitrogen and oxygen atoms in total. The van der Waals surface area contributed by atoms with Crippen LogP contribution in [0.5, 0.6) is 0 Å². The van der Waals surface area contributed by atoms with E-state index in [1.54, 1.807) is 0 Å². The number of aliphatic hydroxyl groups is 1. The smallest absolute Gasteiger partial charge is 0.545 e. The van der Waals surface area contributed by atoms with Crippen molar-refractivity contribution in [3.63, 3.8) is 0 Å². The van der Waals surface area contributed by atoms with Gasteiger partial charge >= 0.3 is 16.8 Å². The molecular formula is C6H11CoO3. The van der Waals surface area contributed by atoms with Crippen molar-refractivity contribution < 1.29 is 31.5 Å². The maximum Gasteiger partial charge on any atom is 3.00 e. The van der Waals surface area contributed by atoms with Gasteiger partial charge in [-0.25, -0.2) is 19.6 Å². The molecular weight excluding hydrogens is 179 g/mol. The van der Waals surface area contributed by atoms with E-state index < -0.39 is 0 Å². The van der Waals surface area contributed by atoms with Gasteiger partial charge in [-0.05, 0) is 0 Å². The predicted octanol–water partition coefficient (Wildman–Crippen LogP) is 0.0643. The number of allylic oxidation sites excluding steroid dienone is 1. The normalized spacial score (nSPS) is 2.60. The van der Waals surface area contributed by atoms with Crippen LogP contribution >= 0.6 is 0 Å². The number of hydrogen-bond donors (Lipinski definition) is 1. The molecule has 0 spiro atoms. The van der Waals surface area contributed by atoms with E-state index in [4.69, 9.17) is 14.7 Å². The van der Waals surface area contributed by atoms with E-state index in [1.165, 1.54) is 6.08 Å². The van der Waals surface area contributed by atoms with E-state index in [2.05, 4.69) is 27.1 Å². The zero-order valence-corrected chi connectivity index (χ0v) is 6.78. The van der Waals surface area contributed by atoms with Gasteiger partial charge in [-0.15, -0.1) is 0 Å². The van der Waals surface area contributed by atoms with Crippen molar-refractivity contribution in [1.82, 2.24) is 0 Å². The van der Waals surface area contributed by atoms with Crippen LogP contribution in [0, 0.1) is 6.92 Å². The SMILES string of the molecule is C=C[CH2-].CO.[CH-]=O.[CH-]=O.[Co+3]. The van der Waals surface area contributed by atoms with Gasteiger partial charge in [0.25, 0.3) is 0 Å². The average Bonchev–Trinajstić information content (AvgIpc) is 2.01. The summed E-state index contributed by atoms with van der Waals surface area (Å²) in [4.78, 5) is 15.5. The summed E-state index contributed by atoms with van der Waals surface area (Å²) in [7, 11) is 1.00. The average molecular weight is 190 g/mol. The first-order valence-corrected chi connectivity index (χ1v) is 1.74. The molecule has 4 heteroatoms. The van der Waals surface area contributed by atoms with Gasteiger partial charge in [0.05, 0.1) is 0 Å². The molecule has 0 aliphatic rings. The molecule has 10 heavy (non-hydrogen) atoms. The van der Waals surface area contributed by atoms with Crippen LogP contribution < -0.4 is 0 Å². The molecule has 0 amide bonds. The fourth-order valence-corrected chi connectivity index (χ4v) is 0. The molecule has 0 rings (SSSR count). The maximum atomic E-state index is 7.75. The summed E-state index contributed by atoms with van der Waals surface area (Å²) in [6, 6.07) is 0. The van der Waals surface area contributed by atoms with Gasteiger partial charge < -0.3 is 14.7 Å². The Kier molecular flexibility index (Phi) is 9130.